The molecule has 7 heteroatoms. The summed E-state index contributed by atoms with van der Waals surface area (Å²) in [5.74, 6) is 0.339. The van der Waals surface area contributed by atoms with Crippen LogP contribution in [0.3, 0.4) is 0 Å². The predicted molar refractivity (Wildman–Crippen MR) is 104 cm³/mol. The van der Waals surface area contributed by atoms with Crippen LogP contribution in [-0.2, 0) is 30.3 Å². The van der Waals surface area contributed by atoms with Crippen molar-refractivity contribution in [1.82, 2.24) is 4.57 Å². The lowest BCUT2D eigenvalue weighted by Crippen LogP contribution is -2.33. The van der Waals surface area contributed by atoms with Crippen molar-refractivity contribution in [2.45, 2.75) is 59.3 Å². The summed E-state index contributed by atoms with van der Waals surface area (Å²) in [5, 5.41) is 1.00. The molecule has 1 fully saturated rings. The van der Waals surface area contributed by atoms with E-state index in [9.17, 15) is 4.79 Å². The fourth-order valence-corrected chi connectivity index (χ4v) is 3.60. The predicted octanol–water partition coefficient (Wildman–Crippen LogP) is 3.46. The highest BCUT2D eigenvalue weighted by Gasteiger charge is 2.33. The summed E-state index contributed by atoms with van der Waals surface area (Å²) in [6.07, 6.45) is -0.737. The minimum atomic E-state index is -0.486. The molecule has 150 valence electrons. The van der Waals surface area contributed by atoms with Crippen LogP contribution in [0.2, 0.25) is 0 Å². The monoisotopic (exact) mass is 386 g/mol. The first kappa shape index (κ1) is 19.0. The number of hydrogen-bond donors (Lipinski definition) is 0. The first-order valence-electron chi connectivity index (χ1n) is 9.61. The molecule has 0 amide bonds. The zero-order valence-electron chi connectivity index (χ0n) is 16.9. The molecule has 2 aromatic rings. The van der Waals surface area contributed by atoms with Crippen LogP contribution in [0.5, 0.6) is 0 Å². The standard InChI is InChI=1S/C21H26N2O5/c1-6-25-18(24)10-23-16-9-15(19-22-21(4,5)11-26-19)12(2)7-14(16)8-17(23)20-27-13(3)28-20/h7-9,13,20H,6,10-11H2,1-5H3. The Kier molecular flexibility index (Phi) is 4.67. The van der Waals surface area contributed by atoms with Gasteiger partial charge >= 0.3 is 5.97 Å². The minimum absolute atomic E-state index is 0.0889. The fraction of sp³-hybridized carbons (Fsp3) is 0.524. The number of esters is 1. The van der Waals surface area contributed by atoms with Crippen LogP contribution in [0, 0.1) is 6.92 Å². The third-order valence-corrected chi connectivity index (χ3v) is 4.94. The van der Waals surface area contributed by atoms with Gasteiger partial charge in [0.25, 0.3) is 0 Å². The number of hydrogen-bond acceptors (Lipinski definition) is 6. The molecule has 0 saturated carbocycles. The molecule has 0 spiro atoms. The maximum absolute atomic E-state index is 12.2. The number of ether oxygens (including phenoxy) is 4. The maximum atomic E-state index is 12.2. The van der Waals surface area contributed by atoms with E-state index in [1.54, 1.807) is 6.92 Å². The second-order valence-corrected chi connectivity index (χ2v) is 7.88. The van der Waals surface area contributed by atoms with E-state index in [4.69, 9.17) is 23.9 Å². The average Bonchev–Trinajstić information content (AvgIpc) is 3.11. The Balaban J connectivity index is 1.81. The van der Waals surface area contributed by atoms with Gasteiger partial charge in [-0.3, -0.25) is 4.79 Å². The van der Waals surface area contributed by atoms with E-state index >= 15 is 0 Å². The van der Waals surface area contributed by atoms with Crippen LogP contribution in [-0.4, -0.2) is 41.5 Å². The average molecular weight is 386 g/mol. The number of rotatable bonds is 5. The SMILES string of the molecule is CCOC(=O)Cn1c(C2OC(C)O2)cc2cc(C)c(C3=NC(C)(C)CO3)cc21. The van der Waals surface area contributed by atoms with Crippen LogP contribution in [0.4, 0.5) is 0 Å². The Morgan fingerprint density at radius 1 is 1.32 bits per heavy atom. The summed E-state index contributed by atoms with van der Waals surface area (Å²) in [6, 6.07) is 6.11. The van der Waals surface area contributed by atoms with Crippen molar-refractivity contribution in [2.24, 2.45) is 4.99 Å². The third kappa shape index (κ3) is 3.40. The van der Waals surface area contributed by atoms with Crippen LogP contribution in [0.1, 0.15) is 50.8 Å². The van der Waals surface area contributed by atoms with Crippen LogP contribution >= 0.6 is 0 Å². The van der Waals surface area contributed by atoms with Gasteiger partial charge in [-0.1, -0.05) is 0 Å². The van der Waals surface area contributed by atoms with E-state index < -0.39 is 6.29 Å². The van der Waals surface area contributed by atoms with E-state index in [0.717, 1.165) is 27.7 Å². The highest BCUT2D eigenvalue weighted by Crippen LogP contribution is 2.36. The van der Waals surface area contributed by atoms with Gasteiger partial charge in [0.2, 0.25) is 12.2 Å². The van der Waals surface area contributed by atoms with Gasteiger partial charge in [0, 0.05) is 16.5 Å². The van der Waals surface area contributed by atoms with Crippen molar-refractivity contribution in [2.75, 3.05) is 13.2 Å². The zero-order valence-corrected chi connectivity index (χ0v) is 16.9. The quantitative estimate of drug-likeness (QED) is 0.736. The molecule has 28 heavy (non-hydrogen) atoms. The Bertz CT molecular complexity index is 953. The lowest BCUT2D eigenvalue weighted by molar-refractivity contribution is -0.384. The normalized spacial score (nSPS) is 23.2. The molecule has 1 aromatic carbocycles. The van der Waals surface area contributed by atoms with Gasteiger partial charge in [0.05, 0.1) is 17.8 Å². The molecule has 2 aliphatic rings. The number of carbonyl (C=O) groups is 1. The van der Waals surface area contributed by atoms with E-state index in [-0.39, 0.29) is 24.3 Å². The van der Waals surface area contributed by atoms with Gasteiger partial charge in [0.15, 0.2) is 6.29 Å². The Labute approximate surface area is 164 Å². The van der Waals surface area contributed by atoms with Gasteiger partial charge in [-0.15, -0.1) is 0 Å². The number of aromatic nitrogens is 1. The molecule has 3 heterocycles. The van der Waals surface area contributed by atoms with Crippen molar-refractivity contribution in [3.8, 4) is 0 Å². The first-order valence-corrected chi connectivity index (χ1v) is 9.61. The summed E-state index contributed by atoms with van der Waals surface area (Å²) >= 11 is 0. The number of carbonyl (C=O) groups excluding carboxylic acids is 1. The van der Waals surface area contributed by atoms with Gasteiger partial charge in [-0.2, -0.15) is 0 Å². The Hall–Kier alpha value is -2.38. The topological polar surface area (TPSA) is 71.3 Å². The van der Waals surface area contributed by atoms with Crippen LogP contribution in [0.15, 0.2) is 23.2 Å². The minimum Gasteiger partial charge on any atom is -0.475 e. The fourth-order valence-electron chi connectivity index (χ4n) is 3.60. The zero-order chi connectivity index (χ0) is 20.1. The van der Waals surface area contributed by atoms with E-state index in [0.29, 0.717) is 19.1 Å². The highest BCUT2D eigenvalue weighted by molar-refractivity contribution is 6.01. The second-order valence-electron chi connectivity index (χ2n) is 7.88. The molecule has 0 unspecified atom stereocenters. The molecular weight excluding hydrogens is 360 g/mol. The third-order valence-electron chi connectivity index (χ3n) is 4.94. The molecule has 1 aromatic heterocycles. The van der Waals surface area contributed by atoms with Crippen molar-refractivity contribution in [3.05, 3.63) is 35.0 Å². The summed E-state index contributed by atoms with van der Waals surface area (Å²) in [5.41, 5.74) is 3.45. The summed E-state index contributed by atoms with van der Waals surface area (Å²) in [4.78, 5) is 16.9. The highest BCUT2D eigenvalue weighted by atomic mass is 16.9. The number of nitrogens with zero attached hydrogens (tertiary/aromatic N) is 2. The summed E-state index contributed by atoms with van der Waals surface area (Å²) in [6.45, 7) is 10.7. The van der Waals surface area contributed by atoms with Gasteiger partial charge in [-0.25, -0.2) is 4.99 Å². The molecule has 2 aliphatic heterocycles. The molecule has 0 aliphatic carbocycles. The molecule has 7 nitrogen and oxygen atoms in total. The van der Waals surface area contributed by atoms with E-state index in [1.165, 1.54) is 0 Å². The second kappa shape index (κ2) is 6.90. The molecule has 0 N–H and O–H groups in total. The largest absolute Gasteiger partial charge is 0.475 e. The van der Waals surface area contributed by atoms with Gasteiger partial charge < -0.3 is 23.5 Å². The maximum Gasteiger partial charge on any atom is 0.325 e. The Morgan fingerprint density at radius 3 is 2.68 bits per heavy atom. The molecule has 0 radical (unpaired) electrons. The number of aliphatic imine (C=N–C) groups is 1. The lowest BCUT2D eigenvalue weighted by atomic mass is 10.1. The molecule has 1 saturated heterocycles. The number of fused-ring (bicyclic) bond motifs is 1. The van der Waals surface area contributed by atoms with Crippen molar-refractivity contribution < 1.29 is 23.7 Å². The van der Waals surface area contributed by atoms with Gasteiger partial charge in [0.1, 0.15) is 13.2 Å². The van der Waals surface area contributed by atoms with E-state index in [2.05, 4.69) is 6.07 Å². The first-order chi connectivity index (χ1) is 13.3. The smallest absolute Gasteiger partial charge is 0.325 e. The lowest BCUT2D eigenvalue weighted by Gasteiger charge is -2.34. The van der Waals surface area contributed by atoms with Gasteiger partial charge in [-0.05, 0) is 58.4 Å². The number of aryl methyl sites for hydroxylation is 1. The summed E-state index contributed by atoms with van der Waals surface area (Å²) < 4.78 is 24.3. The van der Waals surface area contributed by atoms with Crippen molar-refractivity contribution in [3.63, 3.8) is 0 Å². The van der Waals surface area contributed by atoms with Crippen LogP contribution < -0.4 is 0 Å². The molecular formula is C21H26N2O5. The van der Waals surface area contributed by atoms with Crippen LogP contribution in [0.25, 0.3) is 10.9 Å². The number of benzene rings is 1. The summed E-state index contributed by atoms with van der Waals surface area (Å²) in [7, 11) is 0. The van der Waals surface area contributed by atoms with Crippen molar-refractivity contribution >= 4 is 22.8 Å². The van der Waals surface area contributed by atoms with Crippen molar-refractivity contribution in [1.29, 1.82) is 0 Å². The Morgan fingerprint density at radius 2 is 2.07 bits per heavy atom. The molecule has 0 bridgehead atoms. The van der Waals surface area contributed by atoms with E-state index in [1.807, 2.05) is 44.4 Å². The molecule has 4 rings (SSSR count). The molecule has 0 atom stereocenters.